The highest BCUT2D eigenvalue weighted by Crippen LogP contribution is 2.42. The van der Waals surface area contributed by atoms with Crippen molar-refractivity contribution in [2.75, 3.05) is 13.7 Å². The van der Waals surface area contributed by atoms with Crippen LogP contribution >= 0.6 is 12.2 Å². The highest BCUT2D eigenvalue weighted by atomic mass is 32.1. The second-order valence-electron chi connectivity index (χ2n) is 13.0. The third-order valence-electron chi connectivity index (χ3n) is 9.23. The van der Waals surface area contributed by atoms with Crippen molar-refractivity contribution in [3.8, 4) is 0 Å². The molecule has 0 aromatic heterocycles. The summed E-state index contributed by atoms with van der Waals surface area (Å²) in [6.45, 7) is 7.77. The number of hydrogen-bond donors (Lipinski definition) is 6. The molecular formula is C33H44N2O17S. The monoisotopic (exact) mass is 772 g/mol. The number of esters is 3. The number of carboxylic acid groups (broad SMARTS) is 1. The minimum Gasteiger partial charge on any atom is -0.508 e. The summed E-state index contributed by atoms with van der Waals surface area (Å²) in [5.74, 6) is -7.74. The Morgan fingerprint density at radius 3 is 2.34 bits per heavy atom. The lowest BCUT2D eigenvalue weighted by Gasteiger charge is -2.52. The van der Waals surface area contributed by atoms with E-state index >= 15 is 0 Å². The van der Waals surface area contributed by atoms with E-state index in [4.69, 9.17) is 38.6 Å². The maximum absolute atomic E-state index is 13.3. The molecule has 1 aliphatic carbocycles. The zero-order chi connectivity index (χ0) is 40.2. The maximum atomic E-state index is 13.3. The smallest absolute Gasteiger partial charge is 0.357 e. The van der Waals surface area contributed by atoms with Gasteiger partial charge < -0.3 is 58.7 Å². The average molecular weight is 773 g/mol. The fourth-order valence-corrected chi connectivity index (χ4v) is 6.41. The van der Waals surface area contributed by atoms with Crippen LogP contribution in [0.2, 0.25) is 0 Å². The summed E-state index contributed by atoms with van der Waals surface area (Å²) >= 11 is 4.60. The molecule has 6 N–H and O–H groups in total. The predicted molar refractivity (Wildman–Crippen MR) is 180 cm³/mol. The van der Waals surface area contributed by atoms with Crippen molar-refractivity contribution >= 4 is 52.8 Å². The minimum absolute atomic E-state index is 0.325. The molecule has 3 aliphatic rings. The predicted octanol–water partition coefficient (Wildman–Crippen LogP) is 0.0705. The first-order valence-corrected chi connectivity index (χ1v) is 16.8. The zero-order valence-corrected chi connectivity index (χ0v) is 30.8. The van der Waals surface area contributed by atoms with E-state index in [1.165, 1.54) is 34.0 Å². The fourth-order valence-electron chi connectivity index (χ4n) is 6.31. The third kappa shape index (κ3) is 8.88. The molecule has 294 valence electrons. The lowest BCUT2D eigenvalue weighted by molar-refractivity contribution is -0.345. The second-order valence-corrected chi connectivity index (χ2v) is 13.1. The second kappa shape index (κ2) is 17.4. The minimum atomic E-state index is -3.03. The molecule has 0 aromatic carbocycles. The van der Waals surface area contributed by atoms with Gasteiger partial charge in [-0.15, -0.1) is 0 Å². The van der Waals surface area contributed by atoms with E-state index in [0.717, 1.165) is 6.92 Å². The van der Waals surface area contributed by atoms with Gasteiger partial charge in [0, 0.05) is 20.5 Å². The van der Waals surface area contributed by atoms with Gasteiger partial charge in [-0.25, -0.2) is 9.59 Å². The van der Waals surface area contributed by atoms with Gasteiger partial charge in [-0.2, -0.15) is 4.99 Å². The van der Waals surface area contributed by atoms with Crippen molar-refractivity contribution in [3.63, 3.8) is 0 Å². The van der Waals surface area contributed by atoms with E-state index in [2.05, 4.69) is 17.2 Å². The number of hydrogen-bond acceptors (Lipinski definition) is 19. The summed E-state index contributed by atoms with van der Waals surface area (Å²) in [7, 11) is 1.26. The van der Waals surface area contributed by atoms with Crippen molar-refractivity contribution in [1.82, 2.24) is 0 Å². The molecule has 2 fully saturated rings. The van der Waals surface area contributed by atoms with Crippen LogP contribution in [0.15, 0.2) is 28.1 Å². The molecule has 11 atom stereocenters. The number of aliphatic imine (C=N–C) groups is 1. The number of allylic oxidation sites excluding steroid dienone is 1. The summed E-state index contributed by atoms with van der Waals surface area (Å²) in [4.78, 5) is 66.0. The standard InChI is InChI=1S/C33H44N2O17S/c1-8-17(35-12-53)31(43)52-25-19(11-47-16(6)36)50-28(32(44)10-18(37)23(34)22(27(32)39)29(40)41)24(38)26(25)51-21-9-20(46-7)33(45,14(4)48-21)15(5)49-30(42)13(2)3/h8,13-15,19-21,24-26,28,34,38-39,44-45H,9-11H2,1-7H3,(H,40,41)/b17-8-,34-23?/t14-,15-,19+,20-,21-,24+,25+,26-,28+,32+,33-/m0/s1. The van der Waals surface area contributed by atoms with Crippen LogP contribution in [-0.4, -0.2) is 146 Å². The first kappa shape index (κ1) is 43.4. The van der Waals surface area contributed by atoms with Crippen molar-refractivity contribution in [3.05, 3.63) is 23.1 Å². The number of aliphatic hydroxyl groups excluding tert-OH is 2. The molecule has 2 heterocycles. The van der Waals surface area contributed by atoms with Crippen molar-refractivity contribution < 1.29 is 82.7 Å². The molecule has 0 saturated carbocycles. The topological polar surface area (TPSA) is 287 Å². The molecule has 0 spiro atoms. The number of aliphatic hydroxyl groups is 4. The number of nitrogens with one attached hydrogen (secondary N) is 1. The number of carbonyl (C=O) groups excluding carboxylic acids is 4. The molecule has 19 nitrogen and oxygen atoms in total. The van der Waals surface area contributed by atoms with E-state index < -0.39 is 132 Å². The Kier molecular flexibility index (Phi) is 14.3. The van der Waals surface area contributed by atoms with Gasteiger partial charge in [0.1, 0.15) is 54.2 Å². The number of Topliss-reactive ketones (excluding diaryl/α,β-unsaturated/α-hetero) is 1. The van der Waals surface area contributed by atoms with Crippen LogP contribution in [0, 0.1) is 11.3 Å². The third-order valence-corrected chi connectivity index (χ3v) is 9.32. The summed E-state index contributed by atoms with van der Waals surface area (Å²) in [6.07, 6.45) is -15.0. The molecule has 0 radical (unpaired) electrons. The number of ether oxygens (including phenoxy) is 7. The normalized spacial score (nSPS) is 34.2. The van der Waals surface area contributed by atoms with E-state index in [0.29, 0.717) is 0 Å². The van der Waals surface area contributed by atoms with Crippen LogP contribution in [0.25, 0.3) is 0 Å². The number of thiocarbonyl (C=S) groups is 1. The van der Waals surface area contributed by atoms with Crippen LogP contribution in [0.5, 0.6) is 0 Å². The average Bonchev–Trinajstić information content (AvgIpc) is 3.08. The van der Waals surface area contributed by atoms with E-state index in [1.54, 1.807) is 13.8 Å². The van der Waals surface area contributed by atoms with Crippen LogP contribution in [-0.2, 0) is 57.1 Å². The van der Waals surface area contributed by atoms with Gasteiger partial charge in [0.05, 0.1) is 29.7 Å². The SMILES string of the molecule is C/C=C(\N=C=S)C(=O)O[C@H]1[C@@H](O[C@H]2C[C@H](OC)[C@@](O)([C@H](C)OC(=O)C(C)C)[C@H](C)O2)[C@@H](O)[C@H]([C@@]2(O)CC(=O)C(=N)C(C(=O)O)=C2O)O[C@@H]1COC(C)=O. The lowest BCUT2D eigenvalue weighted by Crippen LogP contribution is -2.70. The molecule has 0 amide bonds. The Morgan fingerprint density at radius 2 is 1.81 bits per heavy atom. The van der Waals surface area contributed by atoms with Crippen LogP contribution < -0.4 is 0 Å². The number of carboxylic acids is 1. The number of nitrogens with zero attached hydrogens (tertiary/aromatic N) is 1. The number of ketones is 1. The molecule has 53 heavy (non-hydrogen) atoms. The van der Waals surface area contributed by atoms with E-state index in [-0.39, 0.29) is 12.1 Å². The van der Waals surface area contributed by atoms with Crippen molar-refractivity contribution in [2.45, 2.75) is 121 Å². The molecule has 0 aromatic rings. The zero-order valence-electron chi connectivity index (χ0n) is 30.0. The van der Waals surface area contributed by atoms with E-state index in [9.17, 15) is 49.5 Å². The Bertz CT molecular complexity index is 1590. The van der Waals surface area contributed by atoms with Gasteiger partial charge in [-0.05, 0) is 33.0 Å². The summed E-state index contributed by atoms with van der Waals surface area (Å²) in [6, 6.07) is 0. The lowest BCUT2D eigenvalue weighted by atomic mass is 9.74. The highest BCUT2D eigenvalue weighted by Gasteiger charge is 2.62. The Balaban J connectivity index is 2.15. The van der Waals surface area contributed by atoms with Gasteiger partial charge in [0.25, 0.3) is 0 Å². The van der Waals surface area contributed by atoms with Crippen molar-refractivity contribution in [1.29, 1.82) is 5.41 Å². The molecule has 3 rings (SSSR count). The first-order valence-electron chi connectivity index (χ1n) is 16.4. The Labute approximate surface area is 309 Å². The maximum Gasteiger partial charge on any atom is 0.357 e. The van der Waals surface area contributed by atoms with Crippen LogP contribution in [0.3, 0.4) is 0 Å². The first-order chi connectivity index (χ1) is 24.7. The number of rotatable bonds is 13. The molecule has 0 bridgehead atoms. The van der Waals surface area contributed by atoms with Gasteiger partial charge in [-0.1, -0.05) is 19.9 Å². The summed E-state index contributed by atoms with van der Waals surface area (Å²) in [5.41, 5.74) is -7.74. The number of aliphatic carboxylic acids is 1. The number of carbonyl (C=O) groups is 5. The quantitative estimate of drug-likeness (QED) is 0.0475. The molecule has 2 aliphatic heterocycles. The van der Waals surface area contributed by atoms with Gasteiger partial charge in [0.2, 0.25) is 0 Å². The van der Waals surface area contributed by atoms with Gasteiger partial charge in [-0.3, -0.25) is 19.8 Å². The molecule has 20 heteroatoms. The van der Waals surface area contributed by atoms with Gasteiger partial charge >= 0.3 is 23.9 Å². The molecular weight excluding hydrogens is 728 g/mol. The van der Waals surface area contributed by atoms with Crippen LogP contribution in [0.4, 0.5) is 0 Å². The van der Waals surface area contributed by atoms with Crippen molar-refractivity contribution in [2.24, 2.45) is 10.9 Å². The largest absolute Gasteiger partial charge is 0.508 e. The summed E-state index contributed by atoms with van der Waals surface area (Å²) in [5, 5.41) is 66.0. The fraction of sp³-hybridized carbons (Fsp3) is 0.667. The Morgan fingerprint density at radius 1 is 1.17 bits per heavy atom. The molecule has 2 saturated heterocycles. The Hall–Kier alpha value is -3.98. The number of methoxy groups -OCH3 is 1. The van der Waals surface area contributed by atoms with Gasteiger partial charge in [0.15, 0.2) is 35.1 Å². The van der Waals surface area contributed by atoms with E-state index in [1.807, 2.05) is 5.16 Å². The highest BCUT2D eigenvalue weighted by molar-refractivity contribution is 7.78. The summed E-state index contributed by atoms with van der Waals surface area (Å²) < 4.78 is 39.9. The molecule has 0 unspecified atom stereocenters. The van der Waals surface area contributed by atoms with Crippen LogP contribution in [0.1, 0.15) is 54.4 Å². The number of isothiocyanates is 1.